The Morgan fingerprint density at radius 2 is 1.53 bits per heavy atom. The quantitative estimate of drug-likeness (QED) is 0.194. The SMILES string of the molecule is Cc1ncc(C=CC(=O)N(Cc2ccc(-c3ccccn3)cc2)[C@@H](Cc2ccccc2)C(=O)N2CCc3ccccc3C2)cn1. The van der Waals surface area contributed by atoms with Gasteiger partial charge in [-0.1, -0.05) is 84.9 Å². The standard InChI is InChI=1S/C38H35N5O2/c1-28-40-24-31(25-41-28)16-19-37(44)43(26-30-14-17-33(18-15-30)35-13-7-8-21-39-35)36(23-29-9-3-2-4-10-29)38(45)42-22-20-32-11-5-6-12-34(32)27-42/h2-19,21,24-25,36H,20,22-23,26-27H2,1H3/t36-/m0/s1. The normalized spacial score (nSPS) is 13.3. The Kier molecular flexibility index (Phi) is 9.16. The van der Waals surface area contributed by atoms with Crippen molar-refractivity contribution in [3.05, 3.63) is 155 Å². The monoisotopic (exact) mass is 593 g/mol. The number of fused-ring (bicyclic) bond motifs is 1. The minimum Gasteiger partial charge on any atom is -0.336 e. The van der Waals surface area contributed by atoms with Crippen LogP contribution in [0.25, 0.3) is 17.3 Å². The van der Waals surface area contributed by atoms with Crippen molar-refractivity contribution >= 4 is 17.9 Å². The van der Waals surface area contributed by atoms with Gasteiger partial charge in [0, 0.05) is 61.8 Å². The van der Waals surface area contributed by atoms with E-state index in [4.69, 9.17) is 0 Å². The average Bonchev–Trinajstić information content (AvgIpc) is 3.10. The van der Waals surface area contributed by atoms with Crippen molar-refractivity contribution in [1.82, 2.24) is 24.8 Å². The third kappa shape index (κ3) is 7.39. The van der Waals surface area contributed by atoms with Crippen LogP contribution in [0.15, 0.2) is 122 Å². The van der Waals surface area contributed by atoms with Crippen LogP contribution in [0.2, 0.25) is 0 Å². The van der Waals surface area contributed by atoms with Crippen LogP contribution < -0.4 is 0 Å². The maximum absolute atomic E-state index is 14.5. The van der Waals surface area contributed by atoms with E-state index in [9.17, 15) is 9.59 Å². The fourth-order valence-electron chi connectivity index (χ4n) is 5.67. The maximum atomic E-state index is 14.5. The molecule has 0 spiro atoms. The van der Waals surface area contributed by atoms with Crippen LogP contribution >= 0.6 is 0 Å². The number of hydrogen-bond acceptors (Lipinski definition) is 5. The number of nitrogens with zero attached hydrogens (tertiary/aromatic N) is 5. The van der Waals surface area contributed by atoms with Crippen molar-refractivity contribution in [3.63, 3.8) is 0 Å². The van der Waals surface area contributed by atoms with Crippen molar-refractivity contribution in [2.45, 2.75) is 38.9 Å². The molecule has 6 rings (SSSR count). The second kappa shape index (κ2) is 13.9. The number of benzene rings is 3. The van der Waals surface area contributed by atoms with E-state index < -0.39 is 6.04 Å². The van der Waals surface area contributed by atoms with Crippen LogP contribution in [-0.2, 0) is 35.5 Å². The Hall–Kier alpha value is -5.43. The first-order valence-electron chi connectivity index (χ1n) is 15.2. The van der Waals surface area contributed by atoms with E-state index in [1.54, 1.807) is 29.6 Å². The summed E-state index contributed by atoms with van der Waals surface area (Å²) in [5.41, 5.74) is 6.91. The minimum absolute atomic E-state index is 0.0566. The molecule has 45 heavy (non-hydrogen) atoms. The Morgan fingerprint density at radius 1 is 0.822 bits per heavy atom. The molecular formula is C38H35N5O2. The summed E-state index contributed by atoms with van der Waals surface area (Å²) in [5, 5.41) is 0. The highest BCUT2D eigenvalue weighted by Gasteiger charge is 2.34. The Labute approximate surface area is 263 Å². The summed E-state index contributed by atoms with van der Waals surface area (Å²) < 4.78 is 0. The Morgan fingerprint density at radius 3 is 2.27 bits per heavy atom. The molecule has 3 heterocycles. The van der Waals surface area contributed by atoms with Gasteiger partial charge < -0.3 is 9.80 Å². The van der Waals surface area contributed by atoms with Gasteiger partial charge >= 0.3 is 0 Å². The molecule has 0 saturated carbocycles. The van der Waals surface area contributed by atoms with Crippen LogP contribution in [0.1, 0.15) is 33.6 Å². The predicted octanol–water partition coefficient (Wildman–Crippen LogP) is 6.09. The molecule has 7 nitrogen and oxygen atoms in total. The van der Waals surface area contributed by atoms with Crippen LogP contribution in [0.5, 0.6) is 0 Å². The van der Waals surface area contributed by atoms with Crippen LogP contribution in [0.4, 0.5) is 0 Å². The number of aryl methyl sites for hydroxylation is 1. The lowest BCUT2D eigenvalue weighted by Gasteiger charge is -2.37. The van der Waals surface area contributed by atoms with E-state index in [2.05, 4.69) is 27.1 Å². The van der Waals surface area contributed by atoms with Gasteiger partial charge in [-0.3, -0.25) is 14.6 Å². The van der Waals surface area contributed by atoms with Gasteiger partial charge in [0.15, 0.2) is 0 Å². The van der Waals surface area contributed by atoms with E-state index in [1.807, 2.05) is 96.8 Å². The van der Waals surface area contributed by atoms with Crippen LogP contribution in [0, 0.1) is 6.92 Å². The summed E-state index contributed by atoms with van der Waals surface area (Å²) in [6.45, 7) is 3.22. The first-order valence-corrected chi connectivity index (χ1v) is 15.2. The second-order valence-corrected chi connectivity index (χ2v) is 11.3. The molecule has 0 N–H and O–H groups in total. The Bertz CT molecular complexity index is 1770. The number of pyridine rings is 1. The molecule has 7 heteroatoms. The second-order valence-electron chi connectivity index (χ2n) is 11.3. The zero-order valence-electron chi connectivity index (χ0n) is 25.3. The molecule has 2 aromatic heterocycles. The fourth-order valence-corrected chi connectivity index (χ4v) is 5.67. The summed E-state index contributed by atoms with van der Waals surface area (Å²) in [4.78, 5) is 45.2. The van der Waals surface area contributed by atoms with E-state index in [0.717, 1.165) is 34.4 Å². The molecule has 1 aliphatic heterocycles. The lowest BCUT2D eigenvalue weighted by Crippen LogP contribution is -2.52. The van der Waals surface area contributed by atoms with Crippen molar-refractivity contribution in [2.24, 2.45) is 0 Å². The summed E-state index contributed by atoms with van der Waals surface area (Å²) >= 11 is 0. The number of amides is 2. The van der Waals surface area contributed by atoms with Crippen molar-refractivity contribution in [1.29, 1.82) is 0 Å². The summed E-state index contributed by atoms with van der Waals surface area (Å²) in [6.07, 6.45) is 9.56. The molecule has 2 amide bonds. The van der Waals surface area contributed by atoms with Gasteiger partial charge in [0.1, 0.15) is 11.9 Å². The molecule has 0 saturated heterocycles. The highest BCUT2D eigenvalue weighted by Crippen LogP contribution is 2.24. The first kappa shape index (κ1) is 29.6. The number of aromatic nitrogens is 3. The largest absolute Gasteiger partial charge is 0.336 e. The van der Waals surface area contributed by atoms with Gasteiger partial charge in [-0.2, -0.15) is 0 Å². The predicted molar refractivity (Wildman–Crippen MR) is 176 cm³/mol. The molecule has 3 aromatic carbocycles. The molecule has 1 aliphatic rings. The molecule has 0 radical (unpaired) electrons. The fraction of sp³-hybridized carbons (Fsp3) is 0.184. The molecule has 224 valence electrons. The van der Waals surface area contributed by atoms with Crippen LogP contribution in [-0.4, -0.2) is 49.2 Å². The van der Waals surface area contributed by atoms with E-state index >= 15 is 0 Å². The topological polar surface area (TPSA) is 79.3 Å². The molecule has 0 bridgehead atoms. The van der Waals surface area contributed by atoms with Crippen LogP contribution in [0.3, 0.4) is 0 Å². The third-order valence-electron chi connectivity index (χ3n) is 8.15. The first-order chi connectivity index (χ1) is 22.0. The summed E-state index contributed by atoms with van der Waals surface area (Å²) in [6, 6.07) is 31.3. The zero-order valence-corrected chi connectivity index (χ0v) is 25.3. The van der Waals surface area contributed by atoms with Gasteiger partial charge in [0.25, 0.3) is 0 Å². The highest BCUT2D eigenvalue weighted by atomic mass is 16.2. The Balaban J connectivity index is 1.34. The van der Waals surface area contributed by atoms with E-state index in [0.29, 0.717) is 30.9 Å². The number of carbonyl (C=O) groups is 2. The molecule has 0 aliphatic carbocycles. The number of hydrogen-bond donors (Lipinski definition) is 0. The molecule has 0 unspecified atom stereocenters. The highest BCUT2D eigenvalue weighted by molar-refractivity contribution is 5.95. The number of carbonyl (C=O) groups excluding carboxylic acids is 2. The van der Waals surface area contributed by atoms with Crippen molar-refractivity contribution in [2.75, 3.05) is 6.54 Å². The van der Waals surface area contributed by atoms with E-state index in [1.165, 1.54) is 11.6 Å². The minimum atomic E-state index is -0.709. The van der Waals surface area contributed by atoms with Gasteiger partial charge in [0.05, 0.1) is 5.69 Å². The molecule has 1 atom stereocenters. The molecule has 5 aromatic rings. The van der Waals surface area contributed by atoms with Gasteiger partial charge in [-0.05, 0) is 53.8 Å². The summed E-state index contributed by atoms with van der Waals surface area (Å²) in [5.74, 6) is 0.348. The molecule has 0 fully saturated rings. The van der Waals surface area contributed by atoms with E-state index in [-0.39, 0.29) is 18.4 Å². The van der Waals surface area contributed by atoms with Gasteiger partial charge in [-0.25, -0.2) is 9.97 Å². The lowest BCUT2D eigenvalue weighted by molar-refractivity contribution is -0.144. The van der Waals surface area contributed by atoms with Crippen molar-refractivity contribution in [3.8, 4) is 11.3 Å². The third-order valence-corrected chi connectivity index (χ3v) is 8.15. The molecular weight excluding hydrogens is 558 g/mol. The summed E-state index contributed by atoms with van der Waals surface area (Å²) in [7, 11) is 0. The van der Waals surface area contributed by atoms with Gasteiger partial charge in [-0.15, -0.1) is 0 Å². The van der Waals surface area contributed by atoms with Crippen molar-refractivity contribution < 1.29 is 9.59 Å². The average molecular weight is 594 g/mol. The smallest absolute Gasteiger partial charge is 0.247 e. The zero-order chi connectivity index (χ0) is 31.0. The number of rotatable bonds is 9. The lowest BCUT2D eigenvalue weighted by atomic mass is 9.97. The maximum Gasteiger partial charge on any atom is 0.247 e. The van der Waals surface area contributed by atoms with Gasteiger partial charge in [0.2, 0.25) is 11.8 Å².